The van der Waals surface area contributed by atoms with Crippen molar-refractivity contribution in [3.63, 3.8) is 0 Å². The third-order valence-electron chi connectivity index (χ3n) is 0.538. The molecule has 0 aromatic carbocycles. The summed E-state index contributed by atoms with van der Waals surface area (Å²) in [5.41, 5.74) is 0. The Morgan fingerprint density at radius 3 is 2.43 bits per heavy atom. The molecule has 0 saturated heterocycles. The molecule has 0 bridgehead atoms. The van der Waals surface area contributed by atoms with Crippen LogP contribution in [0.5, 0.6) is 0 Å². The Hall–Kier alpha value is 0.246. The van der Waals surface area contributed by atoms with Crippen LogP contribution in [0, 0.1) is 0 Å². The number of hydrogen-bond donors (Lipinski definition) is 0. The van der Waals surface area contributed by atoms with Crippen LogP contribution in [0.4, 0.5) is 0 Å². The Bertz CT molecular complexity index is 62.1. The zero-order valence-corrected chi connectivity index (χ0v) is 6.27. The minimum Gasteiger partial charge on any atom is -1.00 e. The fraction of sp³-hybridized carbons (Fsp3) is 0.333. The molecule has 1 heteroatoms. The van der Waals surface area contributed by atoms with Crippen molar-refractivity contribution in [2.24, 2.45) is 0 Å². The summed E-state index contributed by atoms with van der Waals surface area (Å²) < 4.78 is 0. The molecule has 0 rings (SSSR count). The van der Waals surface area contributed by atoms with Crippen molar-refractivity contribution >= 4 is 23.1 Å². The topological polar surface area (TPSA) is 0 Å². The molecule has 0 fully saturated rings. The zero-order valence-electron chi connectivity index (χ0n) is 6.85. The van der Waals surface area contributed by atoms with Gasteiger partial charge in [-0.1, -0.05) is 18.2 Å². The molecule has 7 heavy (non-hydrogen) atoms. The first-order valence-corrected chi connectivity index (χ1v) is 2.14. The van der Waals surface area contributed by atoms with Crippen molar-refractivity contribution in [2.45, 2.75) is 13.3 Å². The molecule has 0 aliphatic rings. The van der Waals surface area contributed by atoms with Crippen molar-refractivity contribution in [3.8, 4) is 0 Å². The molecule has 0 nitrogen and oxygen atoms in total. The van der Waals surface area contributed by atoms with Gasteiger partial charge in [-0.05, 0) is 13.3 Å². The molecule has 38 valence electrons. The fourth-order valence-corrected chi connectivity index (χ4v) is 0.232. The van der Waals surface area contributed by atoms with Gasteiger partial charge in [-0.25, -0.2) is 0 Å². The average molecular weight is 108 g/mol. The Morgan fingerprint density at radius 2 is 2.29 bits per heavy atom. The van der Waals surface area contributed by atoms with E-state index < -0.39 is 0 Å². The maximum atomic E-state index is 3.55. The second-order valence-corrected chi connectivity index (χ2v) is 1.09. The molecule has 0 atom stereocenters. The van der Waals surface area contributed by atoms with Gasteiger partial charge in [0.1, 0.15) is 0 Å². The smallest absolute Gasteiger partial charge is 1.00 e. The van der Waals surface area contributed by atoms with E-state index in [9.17, 15) is 0 Å². The average Bonchev–Trinajstić information content (AvgIpc) is 1.61. The number of hydrogen-bond acceptors (Lipinski definition) is 0. The molecule has 0 radical (unpaired) electrons. The van der Waals surface area contributed by atoms with Gasteiger partial charge >= 0.3 is 23.1 Å². The van der Waals surface area contributed by atoms with Gasteiger partial charge in [0.2, 0.25) is 0 Å². The van der Waals surface area contributed by atoms with Crippen LogP contribution in [-0.4, -0.2) is 23.1 Å². The molecule has 0 aliphatic heterocycles. The third kappa shape index (κ3) is 10.7. The van der Waals surface area contributed by atoms with Crippen molar-refractivity contribution in [2.75, 3.05) is 0 Å². The van der Waals surface area contributed by atoms with E-state index in [0.717, 1.165) is 6.42 Å². The van der Waals surface area contributed by atoms with Gasteiger partial charge in [0.15, 0.2) is 0 Å². The van der Waals surface area contributed by atoms with Gasteiger partial charge in [0.25, 0.3) is 0 Å². The molecular formula is C6H12Mg. The maximum absolute atomic E-state index is 3.55. The third-order valence-corrected chi connectivity index (χ3v) is 0.538. The number of rotatable bonds is 2. The summed E-state index contributed by atoms with van der Waals surface area (Å²) >= 11 is 0. The SMILES string of the molecule is C=CC/C=C/C.[H-].[H-].[Mg+2]. The molecular weight excluding hydrogens is 96.4 g/mol. The van der Waals surface area contributed by atoms with Crippen LogP contribution in [-0.2, 0) is 0 Å². The molecule has 0 N–H and O–H groups in total. The van der Waals surface area contributed by atoms with Crippen molar-refractivity contribution in [1.29, 1.82) is 0 Å². The van der Waals surface area contributed by atoms with Gasteiger partial charge in [0, 0.05) is 0 Å². The Morgan fingerprint density at radius 1 is 1.71 bits per heavy atom. The summed E-state index contributed by atoms with van der Waals surface area (Å²) in [6, 6.07) is 0. The van der Waals surface area contributed by atoms with Gasteiger partial charge in [-0.2, -0.15) is 0 Å². The van der Waals surface area contributed by atoms with Crippen LogP contribution in [0.25, 0.3) is 0 Å². The van der Waals surface area contributed by atoms with E-state index in [-0.39, 0.29) is 25.9 Å². The van der Waals surface area contributed by atoms with E-state index in [1.165, 1.54) is 0 Å². The Kier molecular flexibility index (Phi) is 14.0. The summed E-state index contributed by atoms with van der Waals surface area (Å²) in [4.78, 5) is 0. The van der Waals surface area contributed by atoms with Gasteiger partial charge in [-0.15, -0.1) is 6.58 Å². The summed E-state index contributed by atoms with van der Waals surface area (Å²) in [5.74, 6) is 0. The van der Waals surface area contributed by atoms with Gasteiger partial charge in [0.05, 0.1) is 0 Å². The molecule has 0 saturated carbocycles. The molecule has 0 aliphatic carbocycles. The first-order valence-electron chi connectivity index (χ1n) is 2.14. The van der Waals surface area contributed by atoms with Crippen LogP contribution >= 0.6 is 0 Å². The van der Waals surface area contributed by atoms with Crippen molar-refractivity contribution < 1.29 is 2.85 Å². The van der Waals surface area contributed by atoms with Gasteiger partial charge < -0.3 is 2.85 Å². The fourth-order valence-electron chi connectivity index (χ4n) is 0.232. The quantitative estimate of drug-likeness (QED) is 0.375. The molecule has 0 unspecified atom stereocenters. The summed E-state index contributed by atoms with van der Waals surface area (Å²) in [5, 5.41) is 0. The standard InChI is InChI=1S/C6H10.Mg.2H/c1-3-5-6-4-2;;;/h3-4,6H,1,5H2,2H3;;;/q;+2;2*-1/b6-4+;;;. The van der Waals surface area contributed by atoms with Crippen molar-refractivity contribution in [3.05, 3.63) is 24.8 Å². The van der Waals surface area contributed by atoms with Crippen LogP contribution < -0.4 is 0 Å². The monoisotopic (exact) mass is 108 g/mol. The minimum absolute atomic E-state index is 0. The van der Waals surface area contributed by atoms with E-state index in [4.69, 9.17) is 0 Å². The molecule has 0 aromatic rings. The zero-order chi connectivity index (χ0) is 4.83. The molecule has 0 heterocycles. The normalized spacial score (nSPS) is 8.14. The summed E-state index contributed by atoms with van der Waals surface area (Å²) in [6.07, 6.45) is 6.95. The number of allylic oxidation sites excluding steroid dienone is 3. The Balaban J connectivity index is -0.0000000417. The first kappa shape index (κ1) is 10.3. The summed E-state index contributed by atoms with van der Waals surface area (Å²) in [6.45, 7) is 5.55. The van der Waals surface area contributed by atoms with Gasteiger partial charge in [-0.3, -0.25) is 0 Å². The van der Waals surface area contributed by atoms with E-state index >= 15 is 0 Å². The van der Waals surface area contributed by atoms with Crippen molar-refractivity contribution in [1.82, 2.24) is 0 Å². The second kappa shape index (κ2) is 9.53. The minimum atomic E-state index is 0. The second-order valence-electron chi connectivity index (χ2n) is 1.09. The van der Waals surface area contributed by atoms with E-state index in [1.807, 2.05) is 19.1 Å². The molecule has 0 amide bonds. The van der Waals surface area contributed by atoms with Crippen LogP contribution in [0.3, 0.4) is 0 Å². The van der Waals surface area contributed by atoms with Crippen LogP contribution in [0.2, 0.25) is 0 Å². The van der Waals surface area contributed by atoms with Crippen LogP contribution in [0.15, 0.2) is 24.8 Å². The molecule has 0 spiro atoms. The summed E-state index contributed by atoms with van der Waals surface area (Å²) in [7, 11) is 0. The van der Waals surface area contributed by atoms with E-state index in [1.54, 1.807) is 0 Å². The van der Waals surface area contributed by atoms with Crippen LogP contribution in [0.1, 0.15) is 16.2 Å². The van der Waals surface area contributed by atoms with E-state index in [2.05, 4.69) is 12.7 Å². The van der Waals surface area contributed by atoms with E-state index in [0.29, 0.717) is 0 Å². The molecule has 0 aromatic heterocycles. The predicted octanol–water partition coefficient (Wildman–Crippen LogP) is 1.98. The largest absolute Gasteiger partial charge is 2.00 e. The first-order chi connectivity index (χ1) is 2.91. The maximum Gasteiger partial charge on any atom is 2.00 e. The predicted molar refractivity (Wildman–Crippen MR) is 37.6 cm³/mol. The Labute approximate surface area is 64.4 Å².